The topological polar surface area (TPSA) is 42.2 Å². The molecule has 1 aromatic heterocycles. The van der Waals surface area contributed by atoms with Crippen molar-refractivity contribution < 1.29 is 9.90 Å². The Labute approximate surface area is 87.9 Å². The number of fused-ring (bicyclic) bond motifs is 1. The molecular weight excluding hydrogens is 190 g/mol. The Morgan fingerprint density at radius 1 is 1.47 bits per heavy atom. The molecule has 0 amide bonds. The molecule has 2 rings (SSSR count). The first-order valence-electron chi connectivity index (χ1n) is 4.85. The summed E-state index contributed by atoms with van der Waals surface area (Å²) < 4.78 is 1.99. The van der Waals surface area contributed by atoms with Gasteiger partial charge in [0.1, 0.15) is 0 Å². The van der Waals surface area contributed by atoms with Crippen molar-refractivity contribution >= 4 is 16.9 Å². The molecule has 2 aromatic rings. The fourth-order valence-electron chi connectivity index (χ4n) is 2.06. The number of nitrogens with zero attached hydrogens (tertiary/aromatic N) is 1. The summed E-state index contributed by atoms with van der Waals surface area (Å²) in [6, 6.07) is 5.81. The van der Waals surface area contributed by atoms with Gasteiger partial charge in [0, 0.05) is 18.6 Å². The van der Waals surface area contributed by atoms with E-state index in [0.29, 0.717) is 0 Å². The fourth-order valence-corrected chi connectivity index (χ4v) is 2.06. The Balaban J connectivity index is 2.69. The van der Waals surface area contributed by atoms with E-state index >= 15 is 0 Å². The Bertz CT molecular complexity index is 526. The zero-order valence-electron chi connectivity index (χ0n) is 8.82. The van der Waals surface area contributed by atoms with Crippen LogP contribution < -0.4 is 0 Å². The molecule has 3 nitrogen and oxygen atoms in total. The molecule has 0 saturated heterocycles. The van der Waals surface area contributed by atoms with Crippen LogP contribution in [0.25, 0.3) is 10.9 Å². The number of aromatic nitrogens is 1. The highest BCUT2D eigenvalue weighted by molar-refractivity contribution is 5.89. The van der Waals surface area contributed by atoms with Crippen LogP contribution in [0.15, 0.2) is 24.4 Å². The van der Waals surface area contributed by atoms with E-state index in [0.717, 1.165) is 16.5 Å². The largest absolute Gasteiger partial charge is 0.481 e. The van der Waals surface area contributed by atoms with Gasteiger partial charge >= 0.3 is 5.97 Å². The number of hydrogen-bond donors (Lipinski definition) is 1. The van der Waals surface area contributed by atoms with Crippen molar-refractivity contribution in [3.05, 3.63) is 35.5 Å². The van der Waals surface area contributed by atoms with Crippen LogP contribution in [-0.4, -0.2) is 15.6 Å². The van der Waals surface area contributed by atoms with Crippen LogP contribution in [0.4, 0.5) is 0 Å². The highest BCUT2D eigenvalue weighted by atomic mass is 16.4. The summed E-state index contributed by atoms with van der Waals surface area (Å²) in [4.78, 5) is 10.7. The average Bonchev–Trinajstić information content (AvgIpc) is 2.43. The van der Waals surface area contributed by atoms with E-state index in [1.807, 2.05) is 42.9 Å². The summed E-state index contributed by atoms with van der Waals surface area (Å²) in [6.07, 6.45) is 2.10. The van der Waals surface area contributed by atoms with Gasteiger partial charge in [0.25, 0.3) is 0 Å². The van der Waals surface area contributed by atoms with Crippen LogP contribution in [0.1, 0.15) is 11.1 Å². The molecule has 0 fully saturated rings. The summed E-state index contributed by atoms with van der Waals surface area (Å²) in [5, 5.41) is 9.95. The van der Waals surface area contributed by atoms with Crippen LogP contribution in [0.5, 0.6) is 0 Å². The highest BCUT2D eigenvalue weighted by Gasteiger charge is 2.09. The molecule has 0 radical (unpaired) electrons. The molecule has 1 aromatic carbocycles. The summed E-state index contributed by atoms with van der Waals surface area (Å²) in [6.45, 7) is 2.03. The lowest BCUT2D eigenvalue weighted by Gasteiger charge is -2.03. The minimum absolute atomic E-state index is 0.0780. The van der Waals surface area contributed by atoms with Crippen LogP contribution in [0.3, 0.4) is 0 Å². The second kappa shape index (κ2) is 3.42. The average molecular weight is 203 g/mol. The van der Waals surface area contributed by atoms with Gasteiger partial charge in [-0.2, -0.15) is 0 Å². The van der Waals surface area contributed by atoms with Gasteiger partial charge in [0.05, 0.1) is 11.9 Å². The lowest BCUT2D eigenvalue weighted by molar-refractivity contribution is -0.136. The van der Waals surface area contributed by atoms with E-state index in [-0.39, 0.29) is 6.42 Å². The predicted molar refractivity (Wildman–Crippen MR) is 59.0 cm³/mol. The molecule has 0 aliphatic rings. The molecule has 0 bridgehead atoms. The molecular formula is C12H13NO2. The fraction of sp³-hybridized carbons (Fsp3) is 0.250. The molecule has 15 heavy (non-hydrogen) atoms. The van der Waals surface area contributed by atoms with Crippen molar-refractivity contribution in [3.8, 4) is 0 Å². The van der Waals surface area contributed by atoms with Gasteiger partial charge < -0.3 is 9.67 Å². The highest BCUT2D eigenvalue weighted by Crippen LogP contribution is 2.23. The summed E-state index contributed by atoms with van der Waals surface area (Å²) in [5.41, 5.74) is 3.08. The van der Waals surface area contributed by atoms with Gasteiger partial charge in [-0.15, -0.1) is 0 Å². The van der Waals surface area contributed by atoms with E-state index in [4.69, 9.17) is 5.11 Å². The monoisotopic (exact) mass is 203 g/mol. The smallest absolute Gasteiger partial charge is 0.307 e. The second-order valence-corrected chi connectivity index (χ2v) is 3.81. The van der Waals surface area contributed by atoms with Crippen LogP contribution >= 0.6 is 0 Å². The SMILES string of the molecule is Cc1cn(C)c2c(CC(=O)O)cccc12. The van der Waals surface area contributed by atoms with Crippen molar-refractivity contribution in [1.29, 1.82) is 0 Å². The van der Waals surface area contributed by atoms with Gasteiger partial charge in [-0.05, 0) is 18.1 Å². The Hall–Kier alpha value is -1.77. The van der Waals surface area contributed by atoms with Gasteiger partial charge in [-0.25, -0.2) is 0 Å². The first-order chi connectivity index (χ1) is 7.09. The van der Waals surface area contributed by atoms with Crippen LogP contribution in [0.2, 0.25) is 0 Å². The van der Waals surface area contributed by atoms with Crippen LogP contribution in [0, 0.1) is 6.92 Å². The van der Waals surface area contributed by atoms with E-state index in [1.165, 1.54) is 5.56 Å². The third-order valence-electron chi connectivity index (χ3n) is 2.63. The normalized spacial score (nSPS) is 10.8. The maximum Gasteiger partial charge on any atom is 0.307 e. The molecule has 1 N–H and O–H groups in total. The summed E-state index contributed by atoms with van der Waals surface area (Å²) >= 11 is 0. The van der Waals surface area contributed by atoms with Crippen molar-refractivity contribution in [1.82, 2.24) is 4.57 Å². The molecule has 0 aliphatic carbocycles. The molecule has 0 saturated carbocycles. The summed E-state index contributed by atoms with van der Waals surface area (Å²) in [5.74, 6) is -0.790. The number of benzene rings is 1. The van der Waals surface area contributed by atoms with E-state index in [2.05, 4.69) is 0 Å². The van der Waals surface area contributed by atoms with Gasteiger partial charge in [0.2, 0.25) is 0 Å². The van der Waals surface area contributed by atoms with Crippen molar-refractivity contribution in [2.24, 2.45) is 7.05 Å². The Kier molecular flexibility index (Phi) is 2.23. The number of aryl methyl sites for hydroxylation is 2. The Morgan fingerprint density at radius 2 is 2.20 bits per heavy atom. The standard InChI is InChI=1S/C12H13NO2/c1-8-7-13(2)12-9(6-11(14)15)4-3-5-10(8)12/h3-5,7H,6H2,1-2H3,(H,14,15). The molecule has 0 unspecified atom stereocenters. The minimum atomic E-state index is -0.790. The molecule has 78 valence electrons. The van der Waals surface area contributed by atoms with E-state index < -0.39 is 5.97 Å². The molecule has 3 heteroatoms. The Morgan fingerprint density at radius 3 is 2.87 bits per heavy atom. The van der Waals surface area contributed by atoms with E-state index in [9.17, 15) is 4.79 Å². The number of hydrogen-bond acceptors (Lipinski definition) is 1. The van der Waals surface area contributed by atoms with Gasteiger partial charge in [-0.1, -0.05) is 18.2 Å². The number of para-hydroxylation sites is 1. The maximum absolute atomic E-state index is 10.7. The van der Waals surface area contributed by atoms with Crippen molar-refractivity contribution in [3.63, 3.8) is 0 Å². The minimum Gasteiger partial charge on any atom is -0.481 e. The summed E-state index contributed by atoms with van der Waals surface area (Å²) in [7, 11) is 1.95. The van der Waals surface area contributed by atoms with Crippen molar-refractivity contribution in [2.45, 2.75) is 13.3 Å². The predicted octanol–water partition coefficient (Wildman–Crippen LogP) is 2.11. The van der Waals surface area contributed by atoms with Crippen LogP contribution in [-0.2, 0) is 18.3 Å². The van der Waals surface area contributed by atoms with Crippen molar-refractivity contribution in [2.75, 3.05) is 0 Å². The molecule has 0 atom stereocenters. The zero-order chi connectivity index (χ0) is 11.0. The molecule has 0 spiro atoms. The maximum atomic E-state index is 10.7. The molecule has 0 aliphatic heterocycles. The van der Waals surface area contributed by atoms with E-state index in [1.54, 1.807) is 0 Å². The second-order valence-electron chi connectivity index (χ2n) is 3.81. The first-order valence-corrected chi connectivity index (χ1v) is 4.85. The third kappa shape index (κ3) is 1.61. The number of carboxylic acid groups (broad SMARTS) is 1. The third-order valence-corrected chi connectivity index (χ3v) is 2.63. The number of rotatable bonds is 2. The first kappa shape index (κ1) is 9.77. The lowest BCUT2D eigenvalue weighted by Crippen LogP contribution is -2.02. The number of carboxylic acids is 1. The number of carbonyl (C=O) groups is 1. The molecule has 1 heterocycles. The van der Waals surface area contributed by atoms with Gasteiger partial charge in [0.15, 0.2) is 0 Å². The lowest BCUT2D eigenvalue weighted by atomic mass is 10.1. The van der Waals surface area contributed by atoms with Gasteiger partial charge in [-0.3, -0.25) is 4.79 Å². The quantitative estimate of drug-likeness (QED) is 0.812. The number of aliphatic carboxylic acids is 1. The zero-order valence-corrected chi connectivity index (χ0v) is 8.82.